The Balaban J connectivity index is 0.775. The third-order valence-corrected chi connectivity index (χ3v) is 35.6. The minimum Gasteiger partial charge on any atom is -0.469 e. The van der Waals surface area contributed by atoms with Crippen LogP contribution in [0, 0.1) is 0 Å². The molecule has 15 aromatic rings. The number of methoxy groups -OCH3 is 2. The van der Waals surface area contributed by atoms with E-state index >= 15 is 0 Å². The minimum atomic E-state index is -0.132. The van der Waals surface area contributed by atoms with Gasteiger partial charge >= 0.3 is 11.9 Å². The highest BCUT2D eigenvalue weighted by atomic mass is 32.1. The number of fused-ring (bicyclic) bond motifs is 2. The number of anilines is 6. The highest BCUT2D eigenvalue weighted by molar-refractivity contribution is 7.90. The molecule has 6 nitrogen and oxygen atoms in total. The summed E-state index contributed by atoms with van der Waals surface area (Å²) < 4.78 is 12.4. The lowest BCUT2D eigenvalue weighted by atomic mass is 9.97. The van der Waals surface area contributed by atoms with Crippen LogP contribution in [-0.2, 0) is 51.2 Å². The Bertz CT molecular complexity index is 6040. The van der Waals surface area contributed by atoms with Crippen molar-refractivity contribution in [2.75, 3.05) is 24.0 Å². The number of hydrogen-bond donors (Lipinski definition) is 1. The summed E-state index contributed by atoms with van der Waals surface area (Å²) in [6.07, 6.45) is 39.3. The van der Waals surface area contributed by atoms with E-state index in [0.717, 1.165) is 111 Å². The molecule has 16 heteroatoms. The normalized spacial score (nSPS) is 11.8. The summed E-state index contributed by atoms with van der Waals surface area (Å²) in [6, 6.07) is 84.0. The Morgan fingerprint density at radius 2 is 0.675 bits per heavy atom. The molecule has 0 unspecified atom stereocenters. The maximum atomic E-state index is 11.8. The average Bonchev–Trinajstić information content (AvgIpc) is 1.26. The summed E-state index contributed by atoms with van der Waals surface area (Å²) in [7, 11) is 2.94. The summed E-state index contributed by atoms with van der Waals surface area (Å²) in [4.78, 5) is 48.1. The van der Waals surface area contributed by atoms with Crippen molar-refractivity contribution in [2.24, 2.45) is 0 Å². The number of thiol groups is 1. The second kappa shape index (κ2) is 46.7. The van der Waals surface area contributed by atoms with Crippen molar-refractivity contribution < 1.29 is 19.1 Å². The van der Waals surface area contributed by atoms with Crippen LogP contribution in [0.4, 0.5) is 32.8 Å². The molecule has 0 saturated carbocycles. The molecule has 0 bridgehead atoms. The van der Waals surface area contributed by atoms with Crippen molar-refractivity contribution in [1.29, 1.82) is 0 Å². The Labute approximate surface area is 789 Å². The molecule has 6 aromatic carbocycles. The number of unbranched alkanes of at least 4 members (excludes halogenated alkanes) is 17. The van der Waals surface area contributed by atoms with Crippen molar-refractivity contribution >= 4 is 184 Å². The van der Waals surface area contributed by atoms with E-state index in [0.29, 0.717) is 12.8 Å². The summed E-state index contributed by atoms with van der Waals surface area (Å²) >= 11 is 22.2. The van der Waals surface area contributed by atoms with Gasteiger partial charge in [-0.15, -0.1) is 115 Å². The summed E-state index contributed by atoms with van der Waals surface area (Å²) in [5.41, 5.74) is 14.9. The molecule has 0 spiro atoms. The van der Waals surface area contributed by atoms with Crippen LogP contribution in [0.25, 0.3) is 106 Å². The number of rotatable bonds is 48. The number of hydrogen-bond acceptors (Lipinski definition) is 16. The highest BCUT2D eigenvalue weighted by Crippen LogP contribution is 2.54. The lowest BCUT2D eigenvalue weighted by Crippen LogP contribution is -2.08. The second-order valence-electron chi connectivity index (χ2n) is 33.1. The van der Waals surface area contributed by atoms with Gasteiger partial charge in [0.1, 0.15) is 10.0 Å². The molecule has 0 radical (unpaired) electrons. The molecule has 0 N–H and O–H groups in total. The van der Waals surface area contributed by atoms with E-state index in [2.05, 4.69) is 274 Å². The molecule has 0 fully saturated rings. The number of esters is 2. The first-order valence-electron chi connectivity index (χ1n) is 45.9. The van der Waals surface area contributed by atoms with Crippen LogP contribution < -0.4 is 9.80 Å². The zero-order valence-electron chi connectivity index (χ0n) is 73.9. The summed E-state index contributed by atoms with van der Waals surface area (Å²) in [5.74, 6) is -0.263. The Morgan fingerprint density at radius 1 is 0.325 bits per heavy atom. The van der Waals surface area contributed by atoms with Crippen molar-refractivity contribution in [2.45, 2.75) is 220 Å². The fraction of sp³-hybridized carbons (Fsp3) is 0.327. The number of benzene rings is 6. The first-order chi connectivity index (χ1) is 61.9. The van der Waals surface area contributed by atoms with E-state index < -0.39 is 0 Å². The molecule has 0 atom stereocenters. The molecule has 126 heavy (non-hydrogen) atoms. The van der Waals surface area contributed by atoms with Gasteiger partial charge in [-0.3, -0.25) is 9.59 Å². The van der Waals surface area contributed by atoms with Gasteiger partial charge in [-0.2, -0.15) is 0 Å². The minimum absolute atomic E-state index is 0.131. The third-order valence-electron chi connectivity index (χ3n) is 23.9. The highest BCUT2D eigenvalue weighted by Gasteiger charge is 2.27. The number of thiophene rings is 9. The second-order valence-corrected chi connectivity index (χ2v) is 43.3. The molecule has 9 aromatic heterocycles. The van der Waals surface area contributed by atoms with E-state index in [1.165, 1.54) is 253 Å². The number of aryl methyl sites for hydroxylation is 5. The van der Waals surface area contributed by atoms with Gasteiger partial charge in [-0.25, -0.2) is 0 Å². The first-order valence-corrected chi connectivity index (χ1v) is 53.7. The van der Waals surface area contributed by atoms with Gasteiger partial charge in [-0.1, -0.05) is 203 Å². The van der Waals surface area contributed by atoms with Crippen molar-refractivity contribution in [3.05, 3.63) is 269 Å². The standard InChI is InChI=1S/C110H118N2O4S10/c1-7-11-15-19-20-21-29-37-91(117)94-62-63-97(119-94)98-66-68-101(121-98)103-70-72-105(123-103)111(82-52-48-80(49-53-82)78-44-40-76(41-45-78)32-24-22-30-38-107(113)115-5)84-56-59-92-89(74-84)87(35-27-17-13-9-3)109(125-92)110-88(36-28-18-14-10-4)90-75-85(57-60-93(90)126-110)112(83-54-50-81(51-55-83)79-46-42-77(43-47-79)33-25-23-31-39-108(114)116-6)106-73-71-104(124-106)102-69-67-100(122-102)99-65-64-96(120-99)95-61-58-86(118-95)34-26-16-12-8-2/h21,29,37,40-75,117H,7-20,22-28,30-36,38-39H2,1-6H3/b29-21+,91-37-. The van der Waals surface area contributed by atoms with E-state index in [9.17, 15) is 9.59 Å². The fourth-order valence-corrected chi connectivity index (χ4v) is 27.2. The summed E-state index contributed by atoms with van der Waals surface area (Å²) in [6.45, 7) is 9.22. The number of carbonyl (C=O) groups is 2. The van der Waals surface area contributed by atoms with Gasteiger partial charge in [0.05, 0.1) is 14.2 Å². The number of nitrogens with zero attached hydrogens (tertiary/aromatic N) is 2. The molecule has 15 rings (SSSR count). The van der Waals surface area contributed by atoms with E-state index in [1.807, 2.05) is 102 Å². The SMILES string of the molecule is CCCCCC/C=C/C=C(\S)c1ccc(-c2ccc(-c3ccc(N(c4ccc(-c5ccc(CCCCCC(=O)OC)cc5)cc4)c4ccc5sc(-c6sc7ccc(N(c8ccc(-c9ccc(CCCCCC(=O)OC)cc9)cc8)c8ccc(-c9ccc(-c%10ccc(-c%11ccc(CCCCCC)s%11)s%10)s9)s8)cc7c6CCCCCC)c(CCCCCC)c5c4)s3)s2)s1. The van der Waals surface area contributed by atoms with Gasteiger partial charge < -0.3 is 19.3 Å². The van der Waals surface area contributed by atoms with Crippen LogP contribution in [0.3, 0.4) is 0 Å². The topological polar surface area (TPSA) is 59.1 Å². The molecule has 652 valence electrons. The monoisotopic (exact) mass is 1850 g/mol. The quantitative estimate of drug-likeness (QED) is 0.0177. The summed E-state index contributed by atoms with van der Waals surface area (Å²) in [5, 5.41) is 5.08. The molecule has 9 heterocycles. The smallest absolute Gasteiger partial charge is 0.305 e. The Hall–Kier alpha value is -8.49. The van der Waals surface area contributed by atoms with Gasteiger partial charge in [0.15, 0.2) is 0 Å². The molecule has 0 aliphatic heterocycles. The van der Waals surface area contributed by atoms with Gasteiger partial charge in [0.25, 0.3) is 0 Å². The maximum Gasteiger partial charge on any atom is 0.305 e. The van der Waals surface area contributed by atoms with E-state index in [1.54, 1.807) is 0 Å². The van der Waals surface area contributed by atoms with Crippen LogP contribution in [0.15, 0.2) is 237 Å². The lowest BCUT2D eigenvalue weighted by Gasteiger charge is -2.24. The van der Waals surface area contributed by atoms with Crippen LogP contribution in [0.1, 0.15) is 220 Å². The molecule has 0 saturated heterocycles. The Kier molecular flexibility index (Phi) is 34.2. The van der Waals surface area contributed by atoms with E-state index in [4.69, 9.17) is 22.1 Å². The van der Waals surface area contributed by atoms with E-state index in [-0.39, 0.29) is 11.9 Å². The van der Waals surface area contributed by atoms with Crippen LogP contribution >= 0.6 is 115 Å². The zero-order valence-corrected chi connectivity index (χ0v) is 82.1. The average molecular weight is 1850 g/mol. The van der Waals surface area contributed by atoms with Crippen molar-refractivity contribution in [3.8, 4) is 80.8 Å². The first kappa shape index (κ1) is 92.2. The molecular weight excluding hydrogens is 1730 g/mol. The third kappa shape index (κ3) is 23.9. The molecule has 0 amide bonds. The Morgan fingerprint density at radius 3 is 1.10 bits per heavy atom. The lowest BCUT2D eigenvalue weighted by molar-refractivity contribution is -0.141. The van der Waals surface area contributed by atoms with Crippen LogP contribution in [0.2, 0.25) is 0 Å². The number of allylic oxidation sites excluding steroid dienone is 3. The number of ether oxygens (including phenoxy) is 2. The predicted octanol–water partition coefficient (Wildman–Crippen LogP) is 37.5. The number of carbonyl (C=O) groups excluding carboxylic acids is 2. The predicted molar refractivity (Wildman–Crippen MR) is 562 cm³/mol. The molecule has 0 aliphatic carbocycles. The van der Waals surface area contributed by atoms with Crippen LogP contribution in [-0.4, -0.2) is 26.2 Å². The maximum absolute atomic E-state index is 11.8. The fourth-order valence-electron chi connectivity index (χ4n) is 16.7. The zero-order chi connectivity index (χ0) is 86.9. The van der Waals surface area contributed by atoms with Crippen molar-refractivity contribution in [1.82, 2.24) is 0 Å². The van der Waals surface area contributed by atoms with Crippen molar-refractivity contribution in [3.63, 3.8) is 0 Å². The molecule has 0 aliphatic rings. The van der Waals surface area contributed by atoms with Crippen LogP contribution in [0.5, 0.6) is 0 Å². The van der Waals surface area contributed by atoms with Gasteiger partial charge in [0, 0.05) is 118 Å². The van der Waals surface area contributed by atoms with Gasteiger partial charge in [0.2, 0.25) is 0 Å². The van der Waals surface area contributed by atoms with Gasteiger partial charge in [-0.05, 0) is 297 Å². The largest absolute Gasteiger partial charge is 0.469 e. The molecular formula is C110H118N2O4S10.